The molecule has 2 aliphatic heterocycles. The van der Waals surface area contributed by atoms with Gasteiger partial charge >= 0.3 is 5.97 Å². The normalized spacial score (nSPS) is 28.0. The van der Waals surface area contributed by atoms with E-state index in [0.717, 1.165) is 31.7 Å². The molecule has 1 saturated carbocycles. The highest BCUT2D eigenvalue weighted by Gasteiger charge is 2.46. The molecule has 1 saturated heterocycles. The molecule has 3 aliphatic rings. The summed E-state index contributed by atoms with van der Waals surface area (Å²) in [6, 6.07) is 0.838. The highest BCUT2D eigenvalue weighted by molar-refractivity contribution is 5.97. The van der Waals surface area contributed by atoms with E-state index in [0.29, 0.717) is 0 Å². The first kappa shape index (κ1) is 19.2. The number of rotatable bonds is 4. The van der Waals surface area contributed by atoms with Gasteiger partial charge in [-0.15, -0.1) is 0 Å². The number of carbonyl (C=O) groups is 1. The Morgan fingerprint density at radius 3 is 2.77 bits per heavy atom. The number of pyridine rings is 1. The number of methoxy groups -OCH3 is 1. The Bertz CT molecular complexity index is 1160. The van der Waals surface area contributed by atoms with Crippen LogP contribution in [0.15, 0.2) is 22.1 Å². The van der Waals surface area contributed by atoms with Crippen molar-refractivity contribution in [2.24, 2.45) is 10.9 Å². The molecule has 2 aromatic rings. The van der Waals surface area contributed by atoms with Gasteiger partial charge in [0.2, 0.25) is 16.9 Å². The van der Waals surface area contributed by atoms with Crippen molar-refractivity contribution in [3.05, 3.63) is 39.1 Å². The number of hydroxylamine groups is 2. The number of aliphatic imine (C=N–C) groups is 1. The van der Waals surface area contributed by atoms with Crippen LogP contribution < -0.4 is 14.8 Å². The minimum Gasteiger partial charge on any atom is -0.627 e. The lowest BCUT2D eigenvalue weighted by atomic mass is 9.96. The Labute approximate surface area is 171 Å². The molecule has 1 aliphatic carbocycles. The van der Waals surface area contributed by atoms with Gasteiger partial charge in [-0.1, -0.05) is 0 Å². The Morgan fingerprint density at radius 2 is 2.13 bits per heavy atom. The van der Waals surface area contributed by atoms with Crippen LogP contribution in [0.2, 0.25) is 0 Å². The van der Waals surface area contributed by atoms with E-state index >= 15 is 4.39 Å². The highest BCUT2D eigenvalue weighted by atomic mass is 19.1. The summed E-state index contributed by atoms with van der Waals surface area (Å²) in [7, 11) is 1.35. The van der Waals surface area contributed by atoms with E-state index in [4.69, 9.17) is 4.74 Å². The summed E-state index contributed by atoms with van der Waals surface area (Å²) in [6.07, 6.45) is 6.37. The Morgan fingerprint density at radius 1 is 1.37 bits per heavy atom. The van der Waals surface area contributed by atoms with E-state index in [9.17, 15) is 19.9 Å². The van der Waals surface area contributed by atoms with E-state index in [1.54, 1.807) is 4.57 Å². The van der Waals surface area contributed by atoms with Gasteiger partial charge in [0.05, 0.1) is 19.0 Å². The number of hydrogen-bond donors (Lipinski definition) is 1. The average Bonchev–Trinajstić information content (AvgIpc) is 3.48. The molecule has 2 fully saturated rings. The molecule has 3 atom stereocenters. The van der Waals surface area contributed by atoms with Crippen molar-refractivity contribution in [2.45, 2.75) is 37.8 Å². The SMILES string of the molecule is COc1c([N+]2([O-])C[C@@H]3CCC=N[C@@H]3C2)c(F)cc2c(=O)c(C(=O)O)cn(C3CC3)c12. The van der Waals surface area contributed by atoms with Crippen LogP contribution in [0.25, 0.3) is 10.9 Å². The molecule has 9 heteroatoms. The highest BCUT2D eigenvalue weighted by Crippen LogP contribution is 2.47. The topological polar surface area (TPSA) is 104 Å². The van der Waals surface area contributed by atoms with Gasteiger partial charge < -0.3 is 24.3 Å². The zero-order chi connectivity index (χ0) is 21.2. The summed E-state index contributed by atoms with van der Waals surface area (Å²) in [5.41, 5.74) is -1.05. The van der Waals surface area contributed by atoms with Crippen molar-refractivity contribution in [3.63, 3.8) is 0 Å². The predicted molar refractivity (Wildman–Crippen MR) is 110 cm³/mol. The molecule has 1 N–H and O–H groups in total. The van der Waals surface area contributed by atoms with Crippen LogP contribution in [0.5, 0.6) is 5.75 Å². The summed E-state index contributed by atoms with van der Waals surface area (Å²) in [6.45, 7) is 0.308. The van der Waals surface area contributed by atoms with Crippen LogP contribution >= 0.6 is 0 Å². The second-order valence-electron chi connectivity index (χ2n) is 8.44. The Balaban J connectivity index is 1.79. The van der Waals surface area contributed by atoms with Crippen LogP contribution in [0.3, 0.4) is 0 Å². The first-order valence-corrected chi connectivity index (χ1v) is 10.1. The number of hydrogen-bond acceptors (Lipinski definition) is 5. The van der Waals surface area contributed by atoms with Gasteiger partial charge in [-0.2, -0.15) is 0 Å². The minimum absolute atomic E-state index is 0.00993. The Kier molecular flexibility index (Phi) is 4.23. The third-order valence-electron chi connectivity index (χ3n) is 6.50. The zero-order valence-corrected chi connectivity index (χ0v) is 16.5. The van der Waals surface area contributed by atoms with Gasteiger partial charge in [0, 0.05) is 18.2 Å². The summed E-state index contributed by atoms with van der Waals surface area (Å²) < 4.78 is 21.7. The van der Waals surface area contributed by atoms with E-state index in [1.807, 2.05) is 6.21 Å². The smallest absolute Gasteiger partial charge is 0.341 e. The number of carboxylic acids is 1. The van der Waals surface area contributed by atoms with Crippen molar-refractivity contribution in [3.8, 4) is 5.75 Å². The van der Waals surface area contributed by atoms with Gasteiger partial charge in [0.15, 0.2) is 5.82 Å². The van der Waals surface area contributed by atoms with E-state index in [1.165, 1.54) is 13.3 Å². The monoisotopic (exact) mass is 415 g/mol. The van der Waals surface area contributed by atoms with Crippen LogP contribution in [-0.4, -0.2) is 48.1 Å². The summed E-state index contributed by atoms with van der Waals surface area (Å²) in [5, 5.41) is 23.2. The number of aromatic nitrogens is 1. The second-order valence-corrected chi connectivity index (χ2v) is 8.44. The molecule has 158 valence electrons. The number of carboxylic acid groups (broad SMARTS) is 1. The third kappa shape index (κ3) is 2.76. The molecular formula is C21H22FN3O5. The number of nitrogens with zero attached hydrogens (tertiary/aromatic N) is 3. The first-order chi connectivity index (χ1) is 14.3. The van der Waals surface area contributed by atoms with Gasteiger partial charge in [0.1, 0.15) is 23.7 Å². The third-order valence-corrected chi connectivity index (χ3v) is 6.50. The van der Waals surface area contributed by atoms with Gasteiger partial charge in [-0.3, -0.25) is 9.79 Å². The minimum atomic E-state index is -1.37. The van der Waals surface area contributed by atoms with Crippen LogP contribution in [-0.2, 0) is 0 Å². The van der Waals surface area contributed by atoms with Crippen molar-refractivity contribution in [1.82, 2.24) is 9.21 Å². The lowest BCUT2D eigenvalue weighted by Crippen LogP contribution is -2.42. The molecule has 0 spiro atoms. The number of quaternary nitrogens is 1. The molecule has 0 bridgehead atoms. The number of halogens is 1. The lowest BCUT2D eigenvalue weighted by Gasteiger charge is -2.39. The van der Waals surface area contributed by atoms with Crippen LogP contribution in [0.4, 0.5) is 10.1 Å². The fourth-order valence-electron chi connectivity index (χ4n) is 4.97. The molecule has 5 rings (SSSR count). The lowest BCUT2D eigenvalue weighted by molar-refractivity contribution is 0.0695. The Hall–Kier alpha value is -2.78. The number of fused-ring (bicyclic) bond motifs is 2. The average molecular weight is 415 g/mol. The van der Waals surface area contributed by atoms with Crippen LogP contribution in [0.1, 0.15) is 42.1 Å². The van der Waals surface area contributed by atoms with E-state index in [-0.39, 0.29) is 53.4 Å². The van der Waals surface area contributed by atoms with Gasteiger partial charge in [-0.25, -0.2) is 9.18 Å². The quantitative estimate of drug-likeness (QED) is 0.611. The first-order valence-electron chi connectivity index (χ1n) is 10.1. The van der Waals surface area contributed by atoms with Crippen molar-refractivity contribution in [2.75, 3.05) is 20.2 Å². The maximum atomic E-state index is 15.4. The zero-order valence-electron chi connectivity index (χ0n) is 16.5. The second kappa shape index (κ2) is 6.61. The fraction of sp³-hybridized carbons (Fsp3) is 0.476. The molecule has 0 amide bonds. The molecular weight excluding hydrogens is 393 g/mol. The molecule has 1 aromatic heterocycles. The van der Waals surface area contributed by atoms with E-state index in [2.05, 4.69) is 4.99 Å². The molecule has 1 aromatic carbocycles. The summed E-state index contributed by atoms with van der Waals surface area (Å²) in [4.78, 5) is 28.8. The van der Waals surface area contributed by atoms with Gasteiger partial charge in [-0.05, 0) is 38.0 Å². The number of aromatic carboxylic acids is 1. The molecule has 8 nitrogen and oxygen atoms in total. The standard InChI is InChI=1S/C21H22FN3O5/c1-30-20-17-13(19(26)14(21(27)28)8-24(17)12-4-5-12)7-15(22)18(20)25(29)9-11-3-2-6-23-16(11)10-25/h6-8,11-12,16H,2-5,9-10H2,1H3,(H,27,28)/t11-,16+,25?/m0/s1. The van der Waals surface area contributed by atoms with Gasteiger partial charge in [0.25, 0.3) is 0 Å². The van der Waals surface area contributed by atoms with E-state index < -0.39 is 27.4 Å². The summed E-state index contributed by atoms with van der Waals surface area (Å²) in [5.74, 6) is -2.12. The van der Waals surface area contributed by atoms with Crippen molar-refractivity contribution < 1.29 is 19.0 Å². The number of benzene rings is 1. The maximum Gasteiger partial charge on any atom is 0.341 e. The van der Waals surface area contributed by atoms with Crippen molar-refractivity contribution >= 4 is 28.8 Å². The molecule has 30 heavy (non-hydrogen) atoms. The largest absolute Gasteiger partial charge is 0.627 e. The van der Waals surface area contributed by atoms with Crippen molar-refractivity contribution in [1.29, 1.82) is 0 Å². The van der Waals surface area contributed by atoms with Crippen LogP contribution in [0, 0.1) is 16.9 Å². The molecule has 0 radical (unpaired) electrons. The number of ether oxygens (including phenoxy) is 1. The fourth-order valence-corrected chi connectivity index (χ4v) is 4.97. The summed E-state index contributed by atoms with van der Waals surface area (Å²) >= 11 is 0. The molecule has 1 unspecified atom stereocenters. The molecule has 3 heterocycles. The maximum absolute atomic E-state index is 15.4. The predicted octanol–water partition coefficient (Wildman–Crippen LogP) is 2.85.